The van der Waals surface area contributed by atoms with Crippen LogP contribution in [0.3, 0.4) is 0 Å². The lowest BCUT2D eigenvalue weighted by molar-refractivity contribution is 0.438. The van der Waals surface area contributed by atoms with Gasteiger partial charge in [0.15, 0.2) is 5.75 Å². The van der Waals surface area contributed by atoms with Gasteiger partial charge in [-0.25, -0.2) is 0 Å². The molecule has 1 aromatic heterocycles. The van der Waals surface area contributed by atoms with Crippen LogP contribution < -0.4 is 4.74 Å². The highest BCUT2D eigenvalue weighted by atomic mass is 35.5. The van der Waals surface area contributed by atoms with Gasteiger partial charge < -0.3 is 4.74 Å². The molecular weight excluding hydrogens is 474 g/mol. The van der Waals surface area contributed by atoms with E-state index < -0.39 is 5.41 Å². The fourth-order valence-corrected chi connectivity index (χ4v) is 6.66. The van der Waals surface area contributed by atoms with Crippen LogP contribution in [0, 0.1) is 0 Å². The Bertz CT molecular complexity index is 1840. The summed E-state index contributed by atoms with van der Waals surface area (Å²) in [6, 6.07) is 40.4. The van der Waals surface area contributed by atoms with Crippen LogP contribution in [0.15, 0.2) is 121 Å². The van der Waals surface area contributed by atoms with Crippen LogP contribution in [0.5, 0.6) is 11.5 Å². The van der Waals surface area contributed by atoms with Crippen molar-refractivity contribution in [2.45, 2.75) is 5.41 Å². The van der Waals surface area contributed by atoms with E-state index in [1.165, 1.54) is 22.3 Å². The molecule has 0 atom stereocenters. The molecule has 0 unspecified atom stereocenters. The zero-order valence-corrected chi connectivity index (χ0v) is 20.5. The van der Waals surface area contributed by atoms with Gasteiger partial charge in [-0.15, -0.1) is 0 Å². The van der Waals surface area contributed by atoms with Gasteiger partial charge in [-0.2, -0.15) is 0 Å². The number of aromatic nitrogens is 1. The van der Waals surface area contributed by atoms with Crippen molar-refractivity contribution < 1.29 is 4.74 Å². The number of halogens is 1. The van der Waals surface area contributed by atoms with Gasteiger partial charge in [0.2, 0.25) is 0 Å². The van der Waals surface area contributed by atoms with E-state index in [0.717, 1.165) is 38.9 Å². The molecular formula is C34H20ClNO. The number of para-hydroxylation sites is 3. The van der Waals surface area contributed by atoms with E-state index in [1.807, 2.05) is 24.4 Å². The first-order chi connectivity index (χ1) is 18.3. The number of hydrogen-bond donors (Lipinski definition) is 0. The number of fused-ring (bicyclic) bond motifs is 10. The van der Waals surface area contributed by atoms with E-state index in [4.69, 9.17) is 21.3 Å². The summed E-state index contributed by atoms with van der Waals surface area (Å²) in [5.41, 5.74) is 9.62. The zero-order valence-electron chi connectivity index (χ0n) is 19.8. The van der Waals surface area contributed by atoms with Crippen molar-refractivity contribution in [3.63, 3.8) is 0 Å². The maximum Gasteiger partial charge on any atom is 0.150 e. The first kappa shape index (κ1) is 20.8. The quantitative estimate of drug-likeness (QED) is 0.227. The highest BCUT2D eigenvalue weighted by molar-refractivity contribution is 6.32. The number of ether oxygens (including phenoxy) is 1. The molecule has 2 aliphatic rings. The second kappa shape index (κ2) is 7.55. The Hall–Kier alpha value is -4.40. The molecule has 8 rings (SSSR count). The molecule has 2 heterocycles. The van der Waals surface area contributed by atoms with E-state index in [2.05, 4.69) is 97.1 Å². The fraction of sp³-hybridized carbons (Fsp3) is 0.0294. The van der Waals surface area contributed by atoms with Gasteiger partial charge in [-0.05, 0) is 34.4 Å². The molecule has 0 amide bonds. The standard InChI is InChI=1S/C34H20ClNO/c35-30-19-7-18-29-33(30)37-32-25(24-13-5-9-21-10-8-20-36-31(21)24)14-6-17-28(32)34(29)26-15-3-1-11-22(26)23-12-2-4-16-27(23)34/h1-20H. The van der Waals surface area contributed by atoms with Gasteiger partial charge in [0, 0.05) is 33.8 Å². The minimum Gasteiger partial charge on any atom is -0.454 e. The summed E-state index contributed by atoms with van der Waals surface area (Å²) in [6.45, 7) is 0. The van der Waals surface area contributed by atoms with E-state index in [0.29, 0.717) is 10.8 Å². The number of pyridine rings is 1. The molecule has 2 nitrogen and oxygen atoms in total. The molecule has 0 radical (unpaired) electrons. The van der Waals surface area contributed by atoms with Crippen molar-refractivity contribution in [3.05, 3.63) is 149 Å². The molecule has 0 saturated carbocycles. The molecule has 1 spiro atoms. The van der Waals surface area contributed by atoms with Crippen LogP contribution in [0.2, 0.25) is 5.02 Å². The maximum atomic E-state index is 6.88. The monoisotopic (exact) mass is 493 g/mol. The molecule has 5 aromatic carbocycles. The van der Waals surface area contributed by atoms with E-state index in [-0.39, 0.29) is 0 Å². The number of nitrogens with zero attached hydrogens (tertiary/aromatic N) is 1. The third-order valence-electron chi connectivity index (χ3n) is 7.87. The van der Waals surface area contributed by atoms with Gasteiger partial charge in [-0.1, -0.05) is 115 Å². The minimum atomic E-state index is -0.547. The van der Waals surface area contributed by atoms with Crippen LogP contribution in [-0.4, -0.2) is 4.98 Å². The van der Waals surface area contributed by atoms with E-state index in [9.17, 15) is 0 Å². The Balaban J connectivity index is 1.55. The lowest BCUT2D eigenvalue weighted by atomic mass is 9.65. The van der Waals surface area contributed by atoms with Crippen LogP contribution >= 0.6 is 11.6 Å². The summed E-state index contributed by atoms with van der Waals surface area (Å²) in [5, 5.41) is 1.70. The Labute approximate surface area is 219 Å². The Kier molecular flexibility index (Phi) is 4.24. The summed E-state index contributed by atoms with van der Waals surface area (Å²) in [5.74, 6) is 1.54. The number of rotatable bonds is 1. The van der Waals surface area contributed by atoms with E-state index >= 15 is 0 Å². The maximum absolute atomic E-state index is 6.88. The third-order valence-corrected chi connectivity index (χ3v) is 8.17. The predicted molar refractivity (Wildman–Crippen MR) is 150 cm³/mol. The lowest BCUT2D eigenvalue weighted by Gasteiger charge is -2.40. The van der Waals surface area contributed by atoms with Gasteiger partial charge in [0.05, 0.1) is 16.0 Å². The summed E-state index contributed by atoms with van der Waals surface area (Å²) in [6.07, 6.45) is 1.85. The Morgan fingerprint density at radius 3 is 1.86 bits per heavy atom. The molecule has 0 bridgehead atoms. The van der Waals surface area contributed by atoms with Gasteiger partial charge in [-0.3, -0.25) is 4.98 Å². The van der Waals surface area contributed by atoms with Crippen LogP contribution in [-0.2, 0) is 5.41 Å². The Morgan fingerprint density at radius 1 is 0.514 bits per heavy atom. The van der Waals surface area contributed by atoms with Gasteiger partial charge in [0.1, 0.15) is 5.75 Å². The summed E-state index contributed by atoms with van der Waals surface area (Å²) >= 11 is 6.88. The third kappa shape index (κ3) is 2.63. The van der Waals surface area contributed by atoms with E-state index in [1.54, 1.807) is 0 Å². The second-order valence-electron chi connectivity index (χ2n) is 9.62. The van der Waals surface area contributed by atoms with Crippen molar-refractivity contribution in [2.24, 2.45) is 0 Å². The second-order valence-corrected chi connectivity index (χ2v) is 10.0. The van der Waals surface area contributed by atoms with Crippen LogP contribution in [0.4, 0.5) is 0 Å². The number of benzene rings is 5. The average molecular weight is 494 g/mol. The summed E-state index contributed by atoms with van der Waals surface area (Å²) in [7, 11) is 0. The van der Waals surface area contributed by atoms with Crippen LogP contribution in [0.1, 0.15) is 22.3 Å². The van der Waals surface area contributed by atoms with Crippen molar-refractivity contribution in [2.75, 3.05) is 0 Å². The van der Waals surface area contributed by atoms with Crippen molar-refractivity contribution in [3.8, 4) is 33.8 Å². The molecule has 0 fully saturated rings. The fourth-order valence-electron chi connectivity index (χ4n) is 6.45. The Morgan fingerprint density at radius 2 is 1.08 bits per heavy atom. The molecule has 0 saturated heterocycles. The largest absolute Gasteiger partial charge is 0.454 e. The first-order valence-corrected chi connectivity index (χ1v) is 12.8. The summed E-state index contributed by atoms with van der Waals surface area (Å²) in [4.78, 5) is 4.75. The first-order valence-electron chi connectivity index (χ1n) is 12.4. The highest BCUT2D eigenvalue weighted by Gasteiger charge is 2.51. The minimum absolute atomic E-state index is 0.547. The highest BCUT2D eigenvalue weighted by Crippen LogP contribution is 2.64. The van der Waals surface area contributed by atoms with Crippen molar-refractivity contribution in [1.29, 1.82) is 0 Å². The molecule has 3 heteroatoms. The lowest BCUT2D eigenvalue weighted by Crippen LogP contribution is -2.32. The zero-order chi connectivity index (χ0) is 24.6. The van der Waals surface area contributed by atoms with Crippen LogP contribution in [0.25, 0.3) is 33.2 Å². The molecule has 174 valence electrons. The molecule has 1 aliphatic heterocycles. The molecule has 0 N–H and O–H groups in total. The molecule has 37 heavy (non-hydrogen) atoms. The van der Waals surface area contributed by atoms with Crippen molar-refractivity contribution in [1.82, 2.24) is 4.98 Å². The predicted octanol–water partition coefficient (Wildman–Crippen LogP) is 9.02. The SMILES string of the molecule is Clc1cccc2c1Oc1c(-c3cccc4cccnc34)cccc1C21c2ccccc2-c2ccccc21. The molecule has 1 aliphatic carbocycles. The smallest absolute Gasteiger partial charge is 0.150 e. The molecule has 6 aromatic rings. The van der Waals surface area contributed by atoms with Gasteiger partial charge >= 0.3 is 0 Å². The average Bonchev–Trinajstić information content (AvgIpc) is 3.24. The van der Waals surface area contributed by atoms with Crippen molar-refractivity contribution >= 4 is 22.5 Å². The topological polar surface area (TPSA) is 22.1 Å². The summed E-state index contributed by atoms with van der Waals surface area (Å²) < 4.78 is 6.80. The number of hydrogen-bond acceptors (Lipinski definition) is 2. The van der Waals surface area contributed by atoms with Gasteiger partial charge in [0.25, 0.3) is 0 Å². The normalized spacial score (nSPS) is 14.0.